The average molecular weight is 423 g/mol. The van der Waals surface area contributed by atoms with E-state index in [9.17, 15) is 13.2 Å². The van der Waals surface area contributed by atoms with Crippen molar-refractivity contribution in [2.45, 2.75) is 30.2 Å². The second kappa shape index (κ2) is 8.58. The minimum Gasteiger partial charge on any atom is -0.338 e. The summed E-state index contributed by atoms with van der Waals surface area (Å²) in [6, 6.07) is 22.9. The summed E-state index contributed by atoms with van der Waals surface area (Å²) >= 11 is 0. The first kappa shape index (κ1) is 20.6. The van der Waals surface area contributed by atoms with Crippen molar-refractivity contribution in [3.05, 3.63) is 78.4 Å². The molecule has 0 saturated carbocycles. The zero-order valence-corrected chi connectivity index (χ0v) is 17.9. The topological polar surface area (TPSA) is 57.7 Å². The zero-order chi connectivity index (χ0) is 21.1. The fourth-order valence-corrected chi connectivity index (χ4v) is 5.29. The van der Waals surface area contributed by atoms with Crippen LogP contribution in [0, 0.1) is 0 Å². The van der Waals surface area contributed by atoms with Crippen LogP contribution in [0.25, 0.3) is 10.8 Å². The lowest BCUT2D eigenvalue weighted by molar-refractivity contribution is -0.132. The molecule has 1 fully saturated rings. The maximum Gasteiger partial charge on any atom is 0.243 e. The fourth-order valence-electron chi connectivity index (χ4n) is 4.14. The summed E-state index contributed by atoms with van der Waals surface area (Å²) in [7, 11) is -2.27. The number of nitrogens with zero attached hydrogens (tertiary/aromatic N) is 2. The van der Waals surface area contributed by atoms with Crippen molar-refractivity contribution >= 4 is 26.7 Å². The number of likely N-dealkylation sites (tertiary alicyclic amines) is 1. The Morgan fingerprint density at radius 3 is 2.47 bits per heavy atom. The van der Waals surface area contributed by atoms with Crippen molar-refractivity contribution in [3.63, 3.8) is 0 Å². The summed E-state index contributed by atoms with van der Waals surface area (Å²) in [5.41, 5.74) is 1.19. The first-order valence-electron chi connectivity index (χ1n) is 10.2. The number of fused-ring (bicyclic) bond motifs is 1. The van der Waals surface area contributed by atoms with E-state index in [-0.39, 0.29) is 23.4 Å². The minimum atomic E-state index is -3.75. The molecule has 3 aromatic carbocycles. The molecule has 6 heteroatoms. The fraction of sp³-hybridized carbons (Fsp3) is 0.292. The van der Waals surface area contributed by atoms with Crippen molar-refractivity contribution in [1.29, 1.82) is 0 Å². The standard InChI is InChI=1S/C24H26N2O3S/c1-25(30(28,29)23-14-13-20-10-5-6-11-21(20)17-23)18-24(27)26-15-7-12-22(26)16-19-8-3-2-4-9-19/h2-6,8-11,13-14,17,22H,7,12,15-16,18H2,1H3. The molecule has 0 radical (unpaired) electrons. The molecule has 1 saturated heterocycles. The van der Waals surface area contributed by atoms with E-state index in [1.807, 2.05) is 47.4 Å². The Bertz CT molecular complexity index is 1150. The number of carbonyl (C=O) groups excluding carboxylic acids is 1. The lowest BCUT2D eigenvalue weighted by Gasteiger charge is -2.27. The number of sulfonamides is 1. The molecule has 1 unspecified atom stereocenters. The number of rotatable bonds is 6. The zero-order valence-electron chi connectivity index (χ0n) is 17.1. The van der Waals surface area contributed by atoms with Gasteiger partial charge in [-0.25, -0.2) is 8.42 Å². The maximum atomic E-state index is 13.1. The molecule has 1 atom stereocenters. The summed E-state index contributed by atoms with van der Waals surface area (Å²) in [6.45, 7) is 0.528. The van der Waals surface area contributed by atoms with Crippen molar-refractivity contribution in [2.75, 3.05) is 20.1 Å². The van der Waals surface area contributed by atoms with E-state index < -0.39 is 10.0 Å². The number of hydrogen-bond acceptors (Lipinski definition) is 3. The molecular formula is C24H26N2O3S. The van der Waals surface area contributed by atoms with Gasteiger partial charge in [-0.05, 0) is 47.7 Å². The molecule has 1 aliphatic heterocycles. The minimum absolute atomic E-state index is 0.122. The largest absolute Gasteiger partial charge is 0.338 e. The van der Waals surface area contributed by atoms with Crippen molar-refractivity contribution < 1.29 is 13.2 Å². The molecule has 0 aromatic heterocycles. The van der Waals surface area contributed by atoms with Crippen molar-refractivity contribution in [3.8, 4) is 0 Å². The molecule has 3 aromatic rings. The van der Waals surface area contributed by atoms with E-state index in [1.165, 1.54) is 12.6 Å². The van der Waals surface area contributed by atoms with Crippen LogP contribution < -0.4 is 0 Å². The van der Waals surface area contributed by atoms with Crippen LogP contribution in [0.5, 0.6) is 0 Å². The molecule has 1 aliphatic rings. The lowest BCUT2D eigenvalue weighted by Crippen LogP contribution is -2.43. The van der Waals surface area contributed by atoms with Gasteiger partial charge in [-0.3, -0.25) is 4.79 Å². The van der Waals surface area contributed by atoms with Crippen LogP contribution >= 0.6 is 0 Å². The van der Waals surface area contributed by atoms with Gasteiger partial charge in [0.2, 0.25) is 15.9 Å². The Morgan fingerprint density at radius 1 is 1.00 bits per heavy atom. The Hall–Kier alpha value is -2.70. The summed E-state index contributed by atoms with van der Waals surface area (Å²) < 4.78 is 27.3. The van der Waals surface area contributed by atoms with E-state index in [0.717, 1.165) is 34.3 Å². The van der Waals surface area contributed by atoms with Crippen LogP contribution in [0.3, 0.4) is 0 Å². The van der Waals surface area contributed by atoms with Gasteiger partial charge in [0.15, 0.2) is 0 Å². The highest BCUT2D eigenvalue weighted by atomic mass is 32.2. The van der Waals surface area contributed by atoms with Crippen LogP contribution in [0.1, 0.15) is 18.4 Å². The van der Waals surface area contributed by atoms with Gasteiger partial charge in [-0.15, -0.1) is 0 Å². The summed E-state index contributed by atoms with van der Waals surface area (Å²) in [5, 5.41) is 1.84. The molecule has 5 nitrogen and oxygen atoms in total. The molecule has 1 heterocycles. The third-order valence-corrected chi connectivity index (χ3v) is 7.60. The van der Waals surface area contributed by atoms with Crippen LogP contribution in [0.2, 0.25) is 0 Å². The number of carbonyl (C=O) groups is 1. The molecule has 30 heavy (non-hydrogen) atoms. The van der Waals surface area contributed by atoms with Crippen LogP contribution in [-0.4, -0.2) is 49.7 Å². The van der Waals surface area contributed by atoms with Gasteiger partial charge in [0.1, 0.15) is 0 Å². The Labute approximate surface area is 178 Å². The number of benzene rings is 3. The quantitative estimate of drug-likeness (QED) is 0.609. The highest BCUT2D eigenvalue weighted by molar-refractivity contribution is 7.89. The smallest absolute Gasteiger partial charge is 0.243 e. The summed E-state index contributed by atoms with van der Waals surface area (Å²) in [6.07, 6.45) is 2.69. The first-order valence-corrected chi connectivity index (χ1v) is 11.7. The normalized spacial score (nSPS) is 17.0. The number of likely N-dealkylation sites (N-methyl/N-ethyl adjacent to an activating group) is 1. The molecule has 4 rings (SSSR count). The number of amides is 1. The monoisotopic (exact) mass is 422 g/mol. The molecule has 0 bridgehead atoms. The third-order valence-electron chi connectivity index (χ3n) is 5.80. The number of hydrogen-bond donors (Lipinski definition) is 0. The van der Waals surface area contributed by atoms with E-state index >= 15 is 0 Å². The molecule has 0 spiro atoms. The summed E-state index contributed by atoms with van der Waals surface area (Å²) in [4.78, 5) is 15.0. The average Bonchev–Trinajstić information content (AvgIpc) is 3.22. The van der Waals surface area contributed by atoms with Crippen LogP contribution in [0.15, 0.2) is 77.7 Å². The molecule has 156 valence electrons. The Balaban J connectivity index is 1.47. The van der Waals surface area contributed by atoms with E-state index in [2.05, 4.69) is 12.1 Å². The first-order chi connectivity index (χ1) is 14.4. The van der Waals surface area contributed by atoms with Gasteiger partial charge in [0.25, 0.3) is 0 Å². The second-order valence-corrected chi connectivity index (χ2v) is 9.89. The Morgan fingerprint density at radius 2 is 1.70 bits per heavy atom. The highest BCUT2D eigenvalue weighted by Crippen LogP contribution is 2.24. The SMILES string of the molecule is CN(CC(=O)N1CCCC1Cc1ccccc1)S(=O)(=O)c1ccc2ccccc2c1. The van der Waals surface area contributed by atoms with Crippen LogP contribution in [0.4, 0.5) is 0 Å². The lowest BCUT2D eigenvalue weighted by atomic mass is 10.0. The third kappa shape index (κ3) is 4.25. The van der Waals surface area contributed by atoms with Gasteiger partial charge in [0.05, 0.1) is 11.4 Å². The second-order valence-electron chi connectivity index (χ2n) is 7.84. The van der Waals surface area contributed by atoms with Crippen molar-refractivity contribution in [2.24, 2.45) is 0 Å². The maximum absolute atomic E-state index is 13.1. The molecule has 0 aliphatic carbocycles. The van der Waals surface area contributed by atoms with Gasteiger partial charge >= 0.3 is 0 Å². The van der Waals surface area contributed by atoms with E-state index in [1.54, 1.807) is 18.2 Å². The van der Waals surface area contributed by atoms with Crippen molar-refractivity contribution in [1.82, 2.24) is 9.21 Å². The van der Waals surface area contributed by atoms with Gasteiger partial charge in [-0.1, -0.05) is 60.7 Å². The van der Waals surface area contributed by atoms with Gasteiger partial charge in [0, 0.05) is 19.6 Å². The predicted octanol–water partition coefficient (Wildman–Crippen LogP) is 3.69. The molecule has 1 amide bonds. The predicted molar refractivity (Wildman–Crippen MR) is 119 cm³/mol. The van der Waals surface area contributed by atoms with Gasteiger partial charge < -0.3 is 4.90 Å². The molecular weight excluding hydrogens is 396 g/mol. The van der Waals surface area contributed by atoms with Crippen LogP contribution in [-0.2, 0) is 21.2 Å². The van der Waals surface area contributed by atoms with E-state index in [4.69, 9.17) is 0 Å². The van der Waals surface area contributed by atoms with E-state index in [0.29, 0.717) is 6.54 Å². The highest BCUT2D eigenvalue weighted by Gasteiger charge is 2.31. The molecule has 0 N–H and O–H groups in total. The Kier molecular flexibility index (Phi) is 5.88. The van der Waals surface area contributed by atoms with Gasteiger partial charge in [-0.2, -0.15) is 4.31 Å². The summed E-state index contributed by atoms with van der Waals surface area (Å²) in [5.74, 6) is -0.139.